The fraction of sp³-hybridized carbons (Fsp3) is 0.400. The largest absolute Gasteiger partial charge is 0.364 e. The maximum atomic E-state index is 11.5. The normalized spacial score (nSPS) is 17.4. The van der Waals surface area contributed by atoms with Gasteiger partial charge in [-0.3, -0.25) is 14.1 Å². The summed E-state index contributed by atoms with van der Waals surface area (Å²) in [5.74, 6) is 0.745. The number of amides is 1. The van der Waals surface area contributed by atoms with Crippen molar-refractivity contribution in [1.82, 2.24) is 29.2 Å². The van der Waals surface area contributed by atoms with E-state index in [1.165, 1.54) is 6.20 Å². The molecule has 0 aromatic carbocycles. The van der Waals surface area contributed by atoms with E-state index in [9.17, 15) is 9.59 Å². The van der Waals surface area contributed by atoms with Crippen LogP contribution in [0.5, 0.6) is 0 Å². The molecule has 156 valence electrons. The summed E-state index contributed by atoms with van der Waals surface area (Å²) in [4.78, 5) is 44.2. The Balaban J connectivity index is 1.60. The van der Waals surface area contributed by atoms with E-state index >= 15 is 0 Å². The van der Waals surface area contributed by atoms with E-state index in [2.05, 4.69) is 31.8 Å². The van der Waals surface area contributed by atoms with Gasteiger partial charge in [0, 0.05) is 44.5 Å². The molecule has 4 heterocycles. The summed E-state index contributed by atoms with van der Waals surface area (Å²) in [6.45, 7) is 2.63. The maximum absolute atomic E-state index is 11.5. The molecular weight excluding hydrogens is 384 g/mol. The Kier molecular flexibility index (Phi) is 5.66. The first-order valence-corrected chi connectivity index (χ1v) is 9.92. The van der Waals surface area contributed by atoms with Crippen molar-refractivity contribution < 1.29 is 9.59 Å². The summed E-state index contributed by atoms with van der Waals surface area (Å²) in [5.41, 5.74) is 6.75. The van der Waals surface area contributed by atoms with Crippen molar-refractivity contribution in [1.29, 1.82) is 0 Å². The van der Waals surface area contributed by atoms with E-state index in [0.29, 0.717) is 29.6 Å². The van der Waals surface area contributed by atoms with Gasteiger partial charge in [0.25, 0.3) is 5.91 Å². The van der Waals surface area contributed by atoms with Crippen LogP contribution in [-0.4, -0.2) is 74.2 Å². The van der Waals surface area contributed by atoms with Crippen LogP contribution in [0.4, 0.5) is 5.82 Å². The van der Waals surface area contributed by atoms with E-state index in [-0.39, 0.29) is 5.69 Å². The van der Waals surface area contributed by atoms with Crippen LogP contribution in [0, 0.1) is 0 Å². The number of unbranched alkanes of at least 4 members (excludes halogenated alkanes) is 1. The van der Waals surface area contributed by atoms with E-state index in [0.717, 1.165) is 44.6 Å². The lowest BCUT2D eigenvalue weighted by atomic mass is 10.1. The molecule has 0 radical (unpaired) electrons. The molecule has 1 amide bonds. The van der Waals surface area contributed by atoms with Crippen molar-refractivity contribution in [3.8, 4) is 11.5 Å². The Bertz CT molecular complexity index is 1070. The topological polar surface area (TPSA) is 123 Å². The standard InChI is InChI=1S/C20H24N8O2/c1-26-7-8-27(12-14(26)4-2-3-9-29)17-5-6-22-20(25-17)16-10-24-18-11-23-15(19(21)30)13-28(16)18/h5-6,9-11,13-14H,2-4,7-8,12H2,1H3,(H2,21,30). The minimum Gasteiger partial charge on any atom is -0.364 e. The molecule has 10 heteroatoms. The number of carbonyl (C=O) groups is 2. The van der Waals surface area contributed by atoms with Crippen molar-refractivity contribution in [3.63, 3.8) is 0 Å². The second-order valence-electron chi connectivity index (χ2n) is 7.42. The van der Waals surface area contributed by atoms with Crippen LogP contribution in [0.3, 0.4) is 0 Å². The van der Waals surface area contributed by atoms with Crippen LogP contribution in [0.15, 0.2) is 30.9 Å². The smallest absolute Gasteiger partial charge is 0.268 e. The third-order valence-electron chi connectivity index (χ3n) is 5.48. The number of hydrogen-bond acceptors (Lipinski definition) is 8. The molecule has 1 saturated heterocycles. The van der Waals surface area contributed by atoms with Crippen molar-refractivity contribution >= 4 is 23.7 Å². The van der Waals surface area contributed by atoms with E-state index in [1.54, 1.807) is 23.0 Å². The van der Waals surface area contributed by atoms with Gasteiger partial charge in [0.15, 0.2) is 11.5 Å². The molecule has 1 aliphatic rings. The van der Waals surface area contributed by atoms with Gasteiger partial charge in [0.05, 0.1) is 12.4 Å². The van der Waals surface area contributed by atoms with Crippen molar-refractivity contribution in [2.24, 2.45) is 5.73 Å². The molecule has 2 N–H and O–H groups in total. The Morgan fingerprint density at radius 2 is 2.13 bits per heavy atom. The molecule has 3 aromatic rings. The van der Waals surface area contributed by atoms with Gasteiger partial charge in [-0.15, -0.1) is 0 Å². The van der Waals surface area contributed by atoms with E-state index in [4.69, 9.17) is 10.7 Å². The van der Waals surface area contributed by atoms with E-state index < -0.39 is 5.91 Å². The molecule has 30 heavy (non-hydrogen) atoms. The zero-order valence-corrected chi connectivity index (χ0v) is 16.8. The third kappa shape index (κ3) is 3.99. The van der Waals surface area contributed by atoms with Crippen molar-refractivity contribution in [2.75, 3.05) is 31.6 Å². The predicted molar refractivity (Wildman–Crippen MR) is 111 cm³/mol. The Morgan fingerprint density at radius 3 is 2.93 bits per heavy atom. The summed E-state index contributed by atoms with van der Waals surface area (Å²) in [6, 6.07) is 2.27. The molecule has 4 rings (SSSR count). The number of imidazole rings is 1. The van der Waals surface area contributed by atoms with Gasteiger partial charge in [0.2, 0.25) is 0 Å². The van der Waals surface area contributed by atoms with Gasteiger partial charge in [-0.05, 0) is 26.0 Å². The second-order valence-corrected chi connectivity index (χ2v) is 7.42. The summed E-state index contributed by atoms with van der Waals surface area (Å²) in [6.07, 6.45) is 9.87. The Morgan fingerprint density at radius 1 is 1.27 bits per heavy atom. The summed E-state index contributed by atoms with van der Waals surface area (Å²) in [7, 11) is 2.12. The molecule has 1 fully saturated rings. The lowest BCUT2D eigenvalue weighted by Crippen LogP contribution is -2.51. The molecule has 1 aliphatic heterocycles. The highest BCUT2D eigenvalue weighted by Gasteiger charge is 2.25. The van der Waals surface area contributed by atoms with Gasteiger partial charge in [-0.2, -0.15) is 0 Å². The number of carbonyl (C=O) groups excluding carboxylic acids is 2. The lowest BCUT2D eigenvalue weighted by molar-refractivity contribution is -0.108. The van der Waals surface area contributed by atoms with E-state index in [1.807, 2.05) is 6.07 Å². The fourth-order valence-electron chi connectivity index (χ4n) is 3.73. The number of piperazine rings is 1. The Hall–Kier alpha value is -3.40. The SMILES string of the molecule is CN1CCN(c2ccnc(-c3cnc4cnc(C(N)=O)cn34)n2)CC1CCCC=O. The van der Waals surface area contributed by atoms with Crippen molar-refractivity contribution in [3.05, 3.63) is 36.5 Å². The third-order valence-corrected chi connectivity index (χ3v) is 5.48. The summed E-state index contributed by atoms with van der Waals surface area (Å²) in [5, 5.41) is 0. The monoisotopic (exact) mass is 408 g/mol. The summed E-state index contributed by atoms with van der Waals surface area (Å²) < 4.78 is 1.72. The number of nitrogens with zero attached hydrogens (tertiary/aromatic N) is 7. The van der Waals surface area contributed by atoms with Crippen LogP contribution in [0.1, 0.15) is 29.8 Å². The molecule has 0 saturated carbocycles. The van der Waals surface area contributed by atoms with Gasteiger partial charge in [-0.25, -0.2) is 19.9 Å². The van der Waals surface area contributed by atoms with Crippen LogP contribution in [0.2, 0.25) is 0 Å². The average Bonchev–Trinajstić information content (AvgIpc) is 3.18. The first kappa shape index (κ1) is 19.9. The first-order chi connectivity index (χ1) is 14.6. The highest BCUT2D eigenvalue weighted by molar-refractivity contribution is 5.90. The van der Waals surface area contributed by atoms with Gasteiger partial charge in [-0.1, -0.05) is 0 Å². The second kappa shape index (κ2) is 8.54. The number of nitrogens with two attached hydrogens (primary N) is 1. The van der Waals surface area contributed by atoms with Gasteiger partial charge < -0.3 is 15.4 Å². The number of aromatic nitrogens is 5. The molecule has 0 spiro atoms. The zero-order chi connectivity index (χ0) is 21.1. The molecule has 0 bridgehead atoms. The Labute approximate surface area is 173 Å². The average molecular weight is 408 g/mol. The number of likely N-dealkylation sites (N-methyl/N-ethyl adjacent to an activating group) is 1. The minimum atomic E-state index is -0.607. The number of aldehydes is 1. The van der Waals surface area contributed by atoms with Gasteiger partial charge >= 0.3 is 0 Å². The summed E-state index contributed by atoms with van der Waals surface area (Å²) >= 11 is 0. The quantitative estimate of drug-likeness (QED) is 0.449. The predicted octanol–water partition coefficient (Wildman–Crippen LogP) is 0.775. The van der Waals surface area contributed by atoms with Crippen molar-refractivity contribution in [2.45, 2.75) is 25.3 Å². The molecule has 3 aromatic heterocycles. The highest BCUT2D eigenvalue weighted by Crippen LogP contribution is 2.23. The maximum Gasteiger partial charge on any atom is 0.268 e. The molecule has 1 unspecified atom stereocenters. The number of fused-ring (bicyclic) bond motifs is 1. The fourth-order valence-corrected chi connectivity index (χ4v) is 3.73. The molecular formula is C20H24N8O2. The lowest BCUT2D eigenvalue weighted by Gasteiger charge is -2.40. The van der Waals surface area contributed by atoms with Crippen LogP contribution >= 0.6 is 0 Å². The molecule has 0 aliphatic carbocycles. The molecule has 1 atom stereocenters. The van der Waals surface area contributed by atoms with Crippen LogP contribution < -0.4 is 10.6 Å². The van der Waals surface area contributed by atoms with Crippen LogP contribution in [0.25, 0.3) is 17.2 Å². The number of rotatable bonds is 7. The highest BCUT2D eigenvalue weighted by atomic mass is 16.1. The number of hydrogen-bond donors (Lipinski definition) is 1. The van der Waals surface area contributed by atoms with Crippen LogP contribution in [-0.2, 0) is 4.79 Å². The molecule has 10 nitrogen and oxygen atoms in total. The number of primary amides is 1. The zero-order valence-electron chi connectivity index (χ0n) is 16.8. The number of anilines is 1. The first-order valence-electron chi connectivity index (χ1n) is 9.92. The minimum absolute atomic E-state index is 0.148. The van der Waals surface area contributed by atoms with Gasteiger partial charge in [0.1, 0.15) is 23.5 Å².